The molecule has 0 saturated carbocycles. The van der Waals surface area contributed by atoms with Crippen LogP contribution in [0, 0.1) is 11.8 Å². The second-order valence-electron chi connectivity index (χ2n) is 6.12. The zero-order chi connectivity index (χ0) is 18.0. The molecule has 25 heavy (non-hydrogen) atoms. The van der Waals surface area contributed by atoms with Crippen molar-refractivity contribution in [3.05, 3.63) is 54.1 Å². The lowest BCUT2D eigenvalue weighted by molar-refractivity contribution is -0.123. The van der Waals surface area contributed by atoms with E-state index in [0.717, 1.165) is 17.0 Å². The van der Waals surface area contributed by atoms with Crippen molar-refractivity contribution in [2.75, 3.05) is 19.2 Å². The minimum Gasteiger partial charge on any atom is -0.493 e. The highest BCUT2D eigenvalue weighted by molar-refractivity contribution is 6.11. The molecule has 0 fully saturated rings. The minimum absolute atomic E-state index is 0.00271. The lowest BCUT2D eigenvalue weighted by atomic mass is 9.85. The Morgan fingerprint density at radius 3 is 2.24 bits per heavy atom. The predicted octanol–water partition coefficient (Wildman–Crippen LogP) is 3.73. The molecular formula is C20H22N2O3. The van der Waals surface area contributed by atoms with Gasteiger partial charge in [-0.15, -0.1) is 0 Å². The van der Waals surface area contributed by atoms with Gasteiger partial charge in [-0.05, 0) is 30.3 Å². The van der Waals surface area contributed by atoms with Crippen LogP contribution in [-0.2, 0) is 4.79 Å². The lowest BCUT2D eigenvalue weighted by Gasteiger charge is -2.32. The summed E-state index contributed by atoms with van der Waals surface area (Å²) in [4.78, 5) is 12.7. The summed E-state index contributed by atoms with van der Waals surface area (Å²) in [5.74, 6) is 1.15. The third kappa shape index (κ3) is 3.09. The van der Waals surface area contributed by atoms with Gasteiger partial charge in [0.25, 0.3) is 5.91 Å². The Morgan fingerprint density at radius 1 is 0.920 bits per heavy atom. The maximum absolute atomic E-state index is 12.7. The van der Waals surface area contributed by atoms with Crippen molar-refractivity contribution >= 4 is 17.3 Å². The first-order valence-corrected chi connectivity index (χ1v) is 8.26. The number of nitrogens with zero attached hydrogens (tertiary/aromatic N) is 2. The number of hydrogen-bond acceptors (Lipinski definition) is 4. The molecule has 2 aromatic rings. The number of rotatable bonds is 4. The van der Waals surface area contributed by atoms with Crippen molar-refractivity contribution in [2.24, 2.45) is 16.9 Å². The number of carbonyl (C=O) groups excluding carboxylic acids is 1. The fraction of sp³-hybridized carbons (Fsp3) is 0.300. The van der Waals surface area contributed by atoms with Crippen molar-refractivity contribution in [1.82, 2.24) is 0 Å². The van der Waals surface area contributed by atoms with Crippen LogP contribution in [0.2, 0.25) is 0 Å². The molecule has 0 aliphatic carbocycles. The summed E-state index contributed by atoms with van der Waals surface area (Å²) in [6.45, 7) is 3.97. The lowest BCUT2D eigenvalue weighted by Crippen LogP contribution is -2.42. The van der Waals surface area contributed by atoms with Crippen LogP contribution >= 0.6 is 0 Å². The smallest absolute Gasteiger partial charge is 0.250 e. The molecule has 2 aromatic carbocycles. The van der Waals surface area contributed by atoms with Crippen LogP contribution in [-0.4, -0.2) is 25.8 Å². The van der Waals surface area contributed by atoms with E-state index in [1.165, 1.54) is 5.01 Å². The number of para-hydroxylation sites is 1. The fourth-order valence-corrected chi connectivity index (χ4v) is 2.96. The van der Waals surface area contributed by atoms with Crippen molar-refractivity contribution in [2.45, 2.75) is 13.8 Å². The summed E-state index contributed by atoms with van der Waals surface area (Å²) in [6, 6.07) is 15.2. The number of carbonyl (C=O) groups is 1. The molecule has 1 aliphatic heterocycles. The average Bonchev–Trinajstić information content (AvgIpc) is 2.66. The highest BCUT2D eigenvalue weighted by Gasteiger charge is 2.35. The number of hydrazone groups is 1. The highest BCUT2D eigenvalue weighted by Crippen LogP contribution is 2.33. The number of methoxy groups -OCH3 is 2. The van der Waals surface area contributed by atoms with E-state index >= 15 is 0 Å². The average molecular weight is 338 g/mol. The molecule has 1 heterocycles. The standard InChI is InChI=1S/C20H22N2O3/c1-13-14(2)20(23)22(16-8-6-5-7-9-16)21-19(13)15-10-11-17(24-3)18(12-15)25-4/h5-14H,1-4H3/t13-,14-/m0/s1. The van der Waals surface area contributed by atoms with Crippen molar-refractivity contribution in [1.29, 1.82) is 0 Å². The zero-order valence-electron chi connectivity index (χ0n) is 14.9. The third-order valence-corrected chi connectivity index (χ3v) is 4.67. The van der Waals surface area contributed by atoms with Crippen LogP contribution < -0.4 is 14.5 Å². The van der Waals surface area contributed by atoms with E-state index in [2.05, 4.69) is 5.10 Å². The molecule has 3 rings (SSSR count). The van der Waals surface area contributed by atoms with Crippen LogP contribution in [0.4, 0.5) is 5.69 Å². The molecule has 0 bridgehead atoms. The van der Waals surface area contributed by atoms with Crippen LogP contribution in [0.5, 0.6) is 11.5 Å². The van der Waals surface area contributed by atoms with E-state index in [9.17, 15) is 4.79 Å². The molecule has 1 aliphatic rings. The Hall–Kier alpha value is -2.82. The molecule has 0 radical (unpaired) electrons. The normalized spacial score (nSPS) is 20.2. The molecule has 0 unspecified atom stereocenters. The summed E-state index contributed by atoms with van der Waals surface area (Å²) in [7, 11) is 3.21. The first kappa shape index (κ1) is 17.0. The number of ether oxygens (including phenoxy) is 2. The van der Waals surface area contributed by atoms with Gasteiger partial charge in [-0.3, -0.25) is 4.79 Å². The van der Waals surface area contributed by atoms with Crippen LogP contribution in [0.3, 0.4) is 0 Å². The van der Waals surface area contributed by atoms with Gasteiger partial charge in [0.05, 0.1) is 25.6 Å². The summed E-state index contributed by atoms with van der Waals surface area (Å²) < 4.78 is 10.7. The maximum atomic E-state index is 12.7. The summed E-state index contributed by atoms with van der Waals surface area (Å²) >= 11 is 0. The summed E-state index contributed by atoms with van der Waals surface area (Å²) in [6.07, 6.45) is 0. The number of anilines is 1. The minimum atomic E-state index is -0.166. The van der Waals surface area contributed by atoms with E-state index in [4.69, 9.17) is 9.47 Å². The second-order valence-corrected chi connectivity index (χ2v) is 6.12. The molecule has 130 valence electrons. The highest BCUT2D eigenvalue weighted by atomic mass is 16.5. The van der Waals surface area contributed by atoms with E-state index in [1.54, 1.807) is 14.2 Å². The SMILES string of the molecule is COc1ccc(C2=NN(c3ccccc3)C(=O)[C@@H](C)[C@@H]2C)cc1OC. The molecule has 1 amide bonds. The zero-order valence-corrected chi connectivity index (χ0v) is 14.9. The van der Waals surface area contributed by atoms with E-state index in [1.807, 2.05) is 62.4 Å². The Morgan fingerprint density at radius 2 is 1.60 bits per heavy atom. The van der Waals surface area contributed by atoms with E-state index in [0.29, 0.717) is 11.5 Å². The van der Waals surface area contributed by atoms with Gasteiger partial charge in [0, 0.05) is 17.4 Å². The Balaban J connectivity index is 2.08. The summed E-state index contributed by atoms with van der Waals surface area (Å²) in [5.41, 5.74) is 2.55. The number of hydrogen-bond donors (Lipinski definition) is 0. The van der Waals surface area contributed by atoms with Gasteiger partial charge in [-0.2, -0.15) is 5.10 Å². The molecule has 0 saturated heterocycles. The van der Waals surface area contributed by atoms with Gasteiger partial charge in [-0.25, -0.2) is 5.01 Å². The van der Waals surface area contributed by atoms with Gasteiger partial charge in [0.1, 0.15) is 0 Å². The molecule has 0 N–H and O–H groups in total. The van der Waals surface area contributed by atoms with Gasteiger partial charge in [0.15, 0.2) is 11.5 Å². The van der Waals surface area contributed by atoms with Crippen molar-refractivity contribution < 1.29 is 14.3 Å². The third-order valence-electron chi connectivity index (χ3n) is 4.67. The quantitative estimate of drug-likeness (QED) is 0.853. The topological polar surface area (TPSA) is 51.1 Å². The molecule has 5 heteroatoms. The Bertz CT molecular complexity index is 802. The second kappa shape index (κ2) is 6.97. The largest absolute Gasteiger partial charge is 0.493 e. The van der Waals surface area contributed by atoms with Gasteiger partial charge in [-0.1, -0.05) is 32.0 Å². The van der Waals surface area contributed by atoms with Crippen LogP contribution in [0.25, 0.3) is 0 Å². The van der Waals surface area contributed by atoms with Crippen molar-refractivity contribution in [3.63, 3.8) is 0 Å². The first-order chi connectivity index (χ1) is 12.1. The Kier molecular flexibility index (Phi) is 4.74. The molecule has 0 spiro atoms. The molecule has 5 nitrogen and oxygen atoms in total. The van der Waals surface area contributed by atoms with Crippen LogP contribution in [0.15, 0.2) is 53.6 Å². The van der Waals surface area contributed by atoms with Crippen LogP contribution in [0.1, 0.15) is 19.4 Å². The van der Waals surface area contributed by atoms with Crippen molar-refractivity contribution in [3.8, 4) is 11.5 Å². The number of benzene rings is 2. The van der Waals surface area contributed by atoms with Gasteiger partial charge in [0.2, 0.25) is 0 Å². The monoisotopic (exact) mass is 338 g/mol. The van der Waals surface area contributed by atoms with Gasteiger partial charge < -0.3 is 9.47 Å². The molecule has 0 aromatic heterocycles. The number of amides is 1. The maximum Gasteiger partial charge on any atom is 0.250 e. The fourth-order valence-electron chi connectivity index (χ4n) is 2.96. The molecule has 2 atom stereocenters. The van der Waals surface area contributed by atoms with E-state index < -0.39 is 0 Å². The first-order valence-electron chi connectivity index (χ1n) is 8.26. The van der Waals surface area contributed by atoms with Gasteiger partial charge >= 0.3 is 0 Å². The predicted molar refractivity (Wildman–Crippen MR) is 98.3 cm³/mol. The Labute approximate surface area is 147 Å². The molecular weight excluding hydrogens is 316 g/mol. The van der Waals surface area contributed by atoms with E-state index in [-0.39, 0.29) is 17.7 Å². The summed E-state index contributed by atoms with van der Waals surface area (Å²) in [5, 5.41) is 6.17.